The fourth-order valence-electron chi connectivity index (χ4n) is 2.27. The summed E-state index contributed by atoms with van der Waals surface area (Å²) in [6, 6.07) is 2.74. The van der Waals surface area contributed by atoms with Crippen molar-refractivity contribution in [3.63, 3.8) is 0 Å². The van der Waals surface area contributed by atoms with Gasteiger partial charge in [0.25, 0.3) is 0 Å². The van der Waals surface area contributed by atoms with Crippen LogP contribution in [0.5, 0.6) is 5.88 Å². The predicted octanol–water partition coefficient (Wildman–Crippen LogP) is 1.61. The number of anilines is 1. The third kappa shape index (κ3) is 3.31. The van der Waals surface area contributed by atoms with Gasteiger partial charge < -0.3 is 16.2 Å². The molecule has 0 aromatic carbocycles. The lowest BCUT2D eigenvalue weighted by Gasteiger charge is -2.22. The molecule has 0 radical (unpaired) electrons. The lowest BCUT2D eigenvalue weighted by molar-refractivity contribution is -0.384. The van der Waals surface area contributed by atoms with Crippen molar-refractivity contribution >= 4 is 11.5 Å². The van der Waals surface area contributed by atoms with Gasteiger partial charge in [0, 0.05) is 18.2 Å². The largest absolute Gasteiger partial charge is 0.473 e. The second-order valence-electron chi connectivity index (χ2n) is 4.77. The number of ether oxygens (including phenoxy) is 1. The maximum atomic E-state index is 10.6. The highest BCUT2D eigenvalue weighted by atomic mass is 16.6. The molecule has 2 rings (SSSR count). The van der Waals surface area contributed by atoms with Crippen LogP contribution in [-0.2, 0) is 0 Å². The molecule has 1 saturated carbocycles. The number of pyridine rings is 1. The number of aromatic nitrogens is 1. The number of nitrogen functional groups attached to an aromatic ring is 1. The summed E-state index contributed by atoms with van der Waals surface area (Å²) in [7, 11) is 0. The van der Waals surface area contributed by atoms with E-state index in [2.05, 4.69) is 4.98 Å². The summed E-state index contributed by atoms with van der Waals surface area (Å²) >= 11 is 0. The van der Waals surface area contributed by atoms with E-state index in [1.54, 1.807) is 0 Å². The smallest absolute Gasteiger partial charge is 0.311 e. The fourth-order valence-corrected chi connectivity index (χ4v) is 2.27. The number of rotatable bonds is 3. The standard InChI is InChI=1S/C12H18N4O3/c13-8-4-2-1-3-5-10(8)19-11-7-6-9(16(17)18)12(14)15-11/h6-8,10H,1-5,13H2,(H2,14,15). The van der Waals surface area contributed by atoms with Gasteiger partial charge in [0.1, 0.15) is 6.10 Å². The topological polar surface area (TPSA) is 117 Å². The van der Waals surface area contributed by atoms with Crippen LogP contribution in [0.25, 0.3) is 0 Å². The maximum absolute atomic E-state index is 10.6. The van der Waals surface area contributed by atoms with E-state index in [0.717, 1.165) is 32.1 Å². The number of nitrogens with two attached hydrogens (primary N) is 2. The van der Waals surface area contributed by atoms with E-state index in [1.165, 1.54) is 12.1 Å². The van der Waals surface area contributed by atoms with Crippen molar-refractivity contribution in [3.05, 3.63) is 22.2 Å². The molecule has 0 bridgehead atoms. The highest BCUT2D eigenvalue weighted by molar-refractivity contribution is 5.53. The molecule has 7 nitrogen and oxygen atoms in total. The zero-order valence-corrected chi connectivity index (χ0v) is 10.6. The van der Waals surface area contributed by atoms with Crippen molar-refractivity contribution in [1.29, 1.82) is 0 Å². The van der Waals surface area contributed by atoms with E-state index < -0.39 is 4.92 Å². The van der Waals surface area contributed by atoms with Gasteiger partial charge in [-0.25, -0.2) is 0 Å². The molecule has 2 unspecified atom stereocenters. The Morgan fingerprint density at radius 2 is 2.05 bits per heavy atom. The van der Waals surface area contributed by atoms with Crippen LogP contribution in [-0.4, -0.2) is 22.1 Å². The molecule has 19 heavy (non-hydrogen) atoms. The molecule has 1 aromatic heterocycles. The van der Waals surface area contributed by atoms with Crippen molar-refractivity contribution in [2.45, 2.75) is 44.2 Å². The molecular weight excluding hydrogens is 248 g/mol. The first kappa shape index (κ1) is 13.5. The first-order chi connectivity index (χ1) is 9.08. The highest BCUT2D eigenvalue weighted by Crippen LogP contribution is 2.25. The van der Waals surface area contributed by atoms with Crippen LogP contribution in [0.1, 0.15) is 32.1 Å². The number of hydrogen-bond acceptors (Lipinski definition) is 6. The second-order valence-corrected chi connectivity index (χ2v) is 4.77. The van der Waals surface area contributed by atoms with Gasteiger partial charge >= 0.3 is 5.69 Å². The SMILES string of the molecule is Nc1nc(OC2CCCCCC2N)ccc1[N+](=O)[O-]. The van der Waals surface area contributed by atoms with Crippen molar-refractivity contribution < 1.29 is 9.66 Å². The second kappa shape index (κ2) is 5.83. The average Bonchev–Trinajstić information content (AvgIpc) is 2.55. The average molecular weight is 266 g/mol. The van der Waals surface area contributed by atoms with Gasteiger partial charge in [-0.15, -0.1) is 0 Å². The lowest BCUT2D eigenvalue weighted by atomic mass is 10.1. The fraction of sp³-hybridized carbons (Fsp3) is 0.583. The van der Waals surface area contributed by atoms with Gasteiger partial charge in [-0.2, -0.15) is 4.98 Å². The Morgan fingerprint density at radius 1 is 1.32 bits per heavy atom. The Labute approximate surface area is 111 Å². The van der Waals surface area contributed by atoms with Crippen LogP contribution in [0.15, 0.2) is 12.1 Å². The van der Waals surface area contributed by atoms with Crippen LogP contribution in [0.4, 0.5) is 11.5 Å². The normalized spacial score (nSPS) is 23.6. The van der Waals surface area contributed by atoms with Gasteiger partial charge in [0.2, 0.25) is 11.7 Å². The van der Waals surface area contributed by atoms with Crippen LogP contribution < -0.4 is 16.2 Å². The Balaban J connectivity index is 2.10. The van der Waals surface area contributed by atoms with Gasteiger partial charge in [0.05, 0.1) is 4.92 Å². The Bertz CT molecular complexity index is 466. The maximum Gasteiger partial charge on any atom is 0.311 e. The molecule has 4 N–H and O–H groups in total. The minimum Gasteiger partial charge on any atom is -0.473 e. The summed E-state index contributed by atoms with van der Waals surface area (Å²) < 4.78 is 5.72. The molecule has 1 fully saturated rings. The summed E-state index contributed by atoms with van der Waals surface area (Å²) in [5, 5.41) is 10.6. The first-order valence-corrected chi connectivity index (χ1v) is 6.41. The minimum absolute atomic E-state index is 0.0271. The minimum atomic E-state index is -0.566. The monoisotopic (exact) mass is 266 g/mol. The van der Waals surface area contributed by atoms with Crippen LogP contribution in [0, 0.1) is 10.1 Å². The number of nitrogens with zero attached hydrogens (tertiary/aromatic N) is 2. The van der Waals surface area contributed by atoms with Crippen LogP contribution in [0.3, 0.4) is 0 Å². The van der Waals surface area contributed by atoms with Crippen molar-refractivity contribution in [2.24, 2.45) is 5.73 Å². The summed E-state index contributed by atoms with van der Waals surface area (Å²) in [5.41, 5.74) is 11.4. The van der Waals surface area contributed by atoms with E-state index in [0.29, 0.717) is 5.88 Å². The molecule has 0 aliphatic heterocycles. The van der Waals surface area contributed by atoms with Gasteiger partial charge in [-0.1, -0.05) is 12.8 Å². The number of hydrogen-bond donors (Lipinski definition) is 2. The molecule has 0 amide bonds. The zero-order chi connectivity index (χ0) is 13.8. The Morgan fingerprint density at radius 3 is 2.74 bits per heavy atom. The molecule has 1 aliphatic rings. The summed E-state index contributed by atoms with van der Waals surface area (Å²) in [6.45, 7) is 0. The summed E-state index contributed by atoms with van der Waals surface area (Å²) in [5.74, 6) is 0.162. The number of nitro groups is 1. The van der Waals surface area contributed by atoms with Gasteiger partial charge in [0.15, 0.2) is 0 Å². The zero-order valence-electron chi connectivity index (χ0n) is 10.6. The van der Waals surface area contributed by atoms with E-state index in [9.17, 15) is 10.1 Å². The Kier molecular flexibility index (Phi) is 4.16. The van der Waals surface area contributed by atoms with E-state index in [1.807, 2.05) is 0 Å². The molecule has 1 heterocycles. The third-order valence-corrected chi connectivity index (χ3v) is 3.35. The molecule has 0 spiro atoms. The van der Waals surface area contributed by atoms with E-state index >= 15 is 0 Å². The van der Waals surface area contributed by atoms with E-state index in [-0.39, 0.29) is 23.7 Å². The molecule has 7 heteroatoms. The molecule has 1 aromatic rings. The third-order valence-electron chi connectivity index (χ3n) is 3.35. The predicted molar refractivity (Wildman–Crippen MR) is 70.8 cm³/mol. The molecule has 2 atom stereocenters. The summed E-state index contributed by atoms with van der Waals surface area (Å²) in [4.78, 5) is 14.0. The lowest BCUT2D eigenvalue weighted by Crippen LogP contribution is -2.38. The van der Waals surface area contributed by atoms with Crippen LogP contribution >= 0.6 is 0 Å². The van der Waals surface area contributed by atoms with Crippen molar-refractivity contribution in [3.8, 4) is 5.88 Å². The molecule has 0 saturated heterocycles. The van der Waals surface area contributed by atoms with Gasteiger partial charge in [-0.3, -0.25) is 10.1 Å². The molecule has 104 valence electrons. The summed E-state index contributed by atoms with van der Waals surface area (Å²) in [6.07, 6.45) is 5.03. The van der Waals surface area contributed by atoms with Gasteiger partial charge in [-0.05, 0) is 19.3 Å². The van der Waals surface area contributed by atoms with E-state index in [4.69, 9.17) is 16.2 Å². The quantitative estimate of drug-likeness (QED) is 0.487. The van der Waals surface area contributed by atoms with Crippen molar-refractivity contribution in [2.75, 3.05) is 5.73 Å². The molecular formula is C12H18N4O3. The first-order valence-electron chi connectivity index (χ1n) is 6.41. The highest BCUT2D eigenvalue weighted by Gasteiger charge is 2.23. The molecule has 1 aliphatic carbocycles. The Hall–Kier alpha value is -1.89. The van der Waals surface area contributed by atoms with Crippen LogP contribution in [0.2, 0.25) is 0 Å². The van der Waals surface area contributed by atoms with Crippen molar-refractivity contribution in [1.82, 2.24) is 4.98 Å².